The van der Waals surface area contributed by atoms with Gasteiger partial charge in [-0.1, -0.05) is 46.7 Å². The maximum absolute atomic E-state index is 13.1. The molecule has 158 valence electrons. The van der Waals surface area contributed by atoms with Gasteiger partial charge in [0, 0.05) is 0 Å². The van der Waals surface area contributed by atoms with Crippen molar-refractivity contribution in [3.8, 4) is 0 Å². The summed E-state index contributed by atoms with van der Waals surface area (Å²) in [6.45, 7) is 0. The summed E-state index contributed by atoms with van der Waals surface area (Å²) < 4.78 is 41.5. The van der Waals surface area contributed by atoms with E-state index in [1.54, 1.807) is 24.3 Å². The molecule has 0 aliphatic heterocycles. The van der Waals surface area contributed by atoms with Crippen molar-refractivity contribution >= 4 is 71.5 Å². The molecule has 6 nitrogen and oxygen atoms in total. The number of halogens is 3. The number of nitrogens with one attached hydrogen (secondary N) is 2. The van der Waals surface area contributed by atoms with Crippen LogP contribution in [0.1, 0.15) is 10.4 Å². The SMILES string of the molecule is O=C(Nc1nc2c(Cl)c(Cl)ccc2s1)c1ccccc1NS(=O)(=O)c1ccc(F)cc1. The third kappa shape index (κ3) is 4.49. The number of benzene rings is 3. The van der Waals surface area contributed by atoms with Gasteiger partial charge in [-0.3, -0.25) is 14.8 Å². The zero-order valence-electron chi connectivity index (χ0n) is 15.4. The Morgan fingerprint density at radius 3 is 2.45 bits per heavy atom. The average molecular weight is 496 g/mol. The largest absolute Gasteiger partial charge is 0.298 e. The molecule has 1 aromatic heterocycles. The summed E-state index contributed by atoms with van der Waals surface area (Å²) in [7, 11) is -4.03. The molecule has 2 N–H and O–H groups in total. The van der Waals surface area contributed by atoms with Gasteiger partial charge < -0.3 is 0 Å². The lowest BCUT2D eigenvalue weighted by atomic mass is 10.2. The summed E-state index contributed by atoms with van der Waals surface area (Å²) in [6, 6.07) is 13.8. The van der Waals surface area contributed by atoms with Crippen molar-refractivity contribution in [1.82, 2.24) is 4.98 Å². The van der Waals surface area contributed by atoms with Crippen LogP contribution in [0.4, 0.5) is 15.2 Å². The number of rotatable bonds is 5. The lowest BCUT2D eigenvalue weighted by Crippen LogP contribution is -2.18. The van der Waals surface area contributed by atoms with Gasteiger partial charge in [0.15, 0.2) is 5.13 Å². The van der Waals surface area contributed by atoms with Crippen molar-refractivity contribution in [3.63, 3.8) is 0 Å². The molecular weight excluding hydrogens is 484 g/mol. The van der Waals surface area contributed by atoms with Crippen molar-refractivity contribution in [2.24, 2.45) is 0 Å². The minimum Gasteiger partial charge on any atom is -0.298 e. The fourth-order valence-corrected chi connectivity index (χ4v) is 5.11. The summed E-state index contributed by atoms with van der Waals surface area (Å²) in [6.07, 6.45) is 0. The van der Waals surface area contributed by atoms with Crippen molar-refractivity contribution in [3.05, 3.63) is 82.1 Å². The van der Waals surface area contributed by atoms with Crippen molar-refractivity contribution in [2.75, 3.05) is 10.0 Å². The number of nitrogens with zero attached hydrogens (tertiary/aromatic N) is 1. The first kappa shape index (κ1) is 21.5. The summed E-state index contributed by atoms with van der Waals surface area (Å²) in [5, 5.41) is 3.55. The van der Waals surface area contributed by atoms with Gasteiger partial charge >= 0.3 is 0 Å². The molecule has 31 heavy (non-hydrogen) atoms. The van der Waals surface area contributed by atoms with E-state index >= 15 is 0 Å². The minimum atomic E-state index is -4.03. The Morgan fingerprint density at radius 1 is 1.00 bits per heavy atom. The monoisotopic (exact) mass is 495 g/mol. The van der Waals surface area contributed by atoms with Crippen LogP contribution in [0.2, 0.25) is 10.0 Å². The summed E-state index contributed by atoms with van der Waals surface area (Å²) in [5.41, 5.74) is 0.600. The molecule has 0 radical (unpaired) electrons. The predicted octanol–water partition coefficient (Wildman–Crippen LogP) is 5.80. The lowest BCUT2D eigenvalue weighted by Gasteiger charge is -2.12. The normalized spacial score (nSPS) is 11.5. The second-order valence-electron chi connectivity index (χ2n) is 6.29. The zero-order chi connectivity index (χ0) is 22.2. The third-order valence-electron chi connectivity index (χ3n) is 4.21. The Hall–Kier alpha value is -2.72. The number of amides is 1. The first-order chi connectivity index (χ1) is 14.7. The highest BCUT2D eigenvalue weighted by Crippen LogP contribution is 2.35. The molecule has 0 saturated heterocycles. The second-order valence-corrected chi connectivity index (χ2v) is 9.78. The number of carbonyl (C=O) groups is 1. The fourth-order valence-electron chi connectivity index (χ4n) is 2.74. The Bertz CT molecular complexity index is 1410. The van der Waals surface area contributed by atoms with E-state index in [1.165, 1.54) is 23.5 Å². The maximum atomic E-state index is 13.1. The van der Waals surface area contributed by atoms with Crippen molar-refractivity contribution < 1.29 is 17.6 Å². The minimum absolute atomic E-state index is 0.0616. The average Bonchev–Trinajstić information content (AvgIpc) is 3.14. The first-order valence-corrected chi connectivity index (χ1v) is 11.7. The molecule has 0 unspecified atom stereocenters. The predicted molar refractivity (Wildman–Crippen MR) is 121 cm³/mol. The van der Waals surface area contributed by atoms with Crippen LogP contribution in [0.25, 0.3) is 10.2 Å². The van der Waals surface area contributed by atoms with Gasteiger partial charge in [-0.05, 0) is 48.5 Å². The van der Waals surface area contributed by atoms with Gasteiger partial charge in [-0.25, -0.2) is 17.8 Å². The molecule has 4 aromatic rings. The van der Waals surface area contributed by atoms with E-state index in [9.17, 15) is 17.6 Å². The summed E-state index contributed by atoms with van der Waals surface area (Å²) in [4.78, 5) is 17.0. The highest BCUT2D eigenvalue weighted by Gasteiger charge is 2.20. The molecule has 0 aliphatic carbocycles. The summed E-state index contributed by atoms with van der Waals surface area (Å²) >= 11 is 13.4. The number of hydrogen-bond acceptors (Lipinski definition) is 5. The fraction of sp³-hybridized carbons (Fsp3) is 0. The quantitative estimate of drug-likeness (QED) is 0.366. The van der Waals surface area contributed by atoms with Crippen LogP contribution in [-0.4, -0.2) is 19.3 Å². The second kappa shape index (κ2) is 8.43. The topological polar surface area (TPSA) is 88.2 Å². The van der Waals surface area contributed by atoms with Gasteiger partial charge in [-0.2, -0.15) is 0 Å². The van der Waals surface area contributed by atoms with E-state index in [0.717, 1.165) is 29.0 Å². The zero-order valence-corrected chi connectivity index (χ0v) is 18.5. The van der Waals surface area contributed by atoms with Crippen LogP contribution in [0.5, 0.6) is 0 Å². The maximum Gasteiger partial charge on any atom is 0.261 e. The molecule has 0 atom stereocenters. The van der Waals surface area contributed by atoms with Crippen LogP contribution < -0.4 is 10.0 Å². The molecule has 1 heterocycles. The molecule has 0 bridgehead atoms. The van der Waals surface area contributed by atoms with Crippen LogP contribution in [0.15, 0.2) is 65.6 Å². The molecular formula is C20H12Cl2FN3O3S2. The number of anilines is 2. The van der Waals surface area contributed by atoms with Crippen LogP contribution >= 0.6 is 34.5 Å². The Morgan fingerprint density at radius 2 is 1.71 bits per heavy atom. The molecule has 4 rings (SSSR count). The van der Waals surface area contributed by atoms with E-state index in [-0.39, 0.29) is 26.3 Å². The van der Waals surface area contributed by atoms with Crippen LogP contribution in [-0.2, 0) is 10.0 Å². The third-order valence-corrected chi connectivity index (χ3v) is 7.32. The number of para-hydroxylation sites is 1. The van der Waals surface area contributed by atoms with Gasteiger partial charge in [-0.15, -0.1) is 0 Å². The van der Waals surface area contributed by atoms with E-state index in [2.05, 4.69) is 15.0 Å². The van der Waals surface area contributed by atoms with Gasteiger partial charge in [0.2, 0.25) is 0 Å². The van der Waals surface area contributed by atoms with Crippen LogP contribution in [0.3, 0.4) is 0 Å². The number of hydrogen-bond donors (Lipinski definition) is 2. The van der Waals surface area contributed by atoms with Gasteiger partial charge in [0.1, 0.15) is 11.3 Å². The molecule has 0 spiro atoms. The van der Waals surface area contributed by atoms with Crippen LogP contribution in [0, 0.1) is 5.82 Å². The number of carbonyl (C=O) groups excluding carboxylic acids is 1. The summed E-state index contributed by atoms with van der Waals surface area (Å²) in [5.74, 6) is -1.13. The Labute approximate surface area is 190 Å². The molecule has 1 amide bonds. The van der Waals surface area contributed by atoms with Crippen molar-refractivity contribution in [2.45, 2.75) is 4.90 Å². The van der Waals surface area contributed by atoms with Crippen molar-refractivity contribution in [1.29, 1.82) is 0 Å². The molecule has 0 fully saturated rings. The number of sulfonamides is 1. The standard InChI is InChI=1S/C20H12Cl2FN3O3S2/c21-14-9-10-16-18(17(14)22)24-20(30-16)25-19(27)13-3-1-2-4-15(13)26-31(28,29)12-7-5-11(23)6-8-12/h1-10,26H,(H,24,25,27). The number of thiazole rings is 1. The highest BCUT2D eigenvalue weighted by atomic mass is 35.5. The van der Waals surface area contributed by atoms with Gasteiger partial charge in [0.05, 0.1) is 30.9 Å². The molecule has 11 heteroatoms. The molecule has 3 aromatic carbocycles. The Balaban J connectivity index is 1.61. The van der Waals surface area contributed by atoms with E-state index < -0.39 is 21.7 Å². The van der Waals surface area contributed by atoms with E-state index in [4.69, 9.17) is 23.2 Å². The molecule has 0 saturated carbocycles. The molecule has 0 aliphatic rings. The van der Waals surface area contributed by atoms with Gasteiger partial charge in [0.25, 0.3) is 15.9 Å². The number of fused-ring (bicyclic) bond motifs is 1. The lowest BCUT2D eigenvalue weighted by molar-refractivity contribution is 0.102. The highest BCUT2D eigenvalue weighted by molar-refractivity contribution is 7.92. The van der Waals surface area contributed by atoms with E-state index in [0.29, 0.717) is 10.5 Å². The number of aromatic nitrogens is 1. The van der Waals surface area contributed by atoms with E-state index in [1.807, 2.05) is 0 Å². The first-order valence-electron chi connectivity index (χ1n) is 8.68. The smallest absolute Gasteiger partial charge is 0.261 e. The Kier molecular flexibility index (Phi) is 5.85.